The molecule has 0 atom stereocenters. The van der Waals surface area contributed by atoms with Gasteiger partial charge in [-0.15, -0.1) is 0 Å². The summed E-state index contributed by atoms with van der Waals surface area (Å²) in [6.45, 7) is 2.98. The lowest BCUT2D eigenvalue weighted by Gasteiger charge is -2.06. The van der Waals surface area contributed by atoms with Crippen molar-refractivity contribution < 1.29 is 0 Å². The fourth-order valence-corrected chi connectivity index (χ4v) is 1.85. The first-order chi connectivity index (χ1) is 9.25. The molecule has 1 aromatic rings. The first-order valence-electron chi connectivity index (χ1n) is 6.39. The minimum absolute atomic E-state index is 0.769. The van der Waals surface area contributed by atoms with Crippen LogP contribution in [0.4, 0.5) is 0 Å². The van der Waals surface area contributed by atoms with Crippen LogP contribution in [-0.2, 0) is 0 Å². The molecule has 0 aliphatic carbocycles. The lowest BCUT2D eigenvalue weighted by atomic mass is 10.1. The molecule has 2 rings (SSSR count). The number of hydrogen-bond donors (Lipinski definition) is 2. The van der Waals surface area contributed by atoms with E-state index in [0.717, 1.165) is 24.2 Å². The van der Waals surface area contributed by atoms with Crippen molar-refractivity contribution in [1.82, 2.24) is 10.3 Å². The zero-order chi connectivity index (χ0) is 13.5. The number of rotatable bonds is 4. The van der Waals surface area contributed by atoms with E-state index in [4.69, 9.17) is 5.73 Å². The third kappa shape index (κ3) is 4.14. The number of nitrogens with two attached hydrogens (primary N) is 1. The number of aromatic nitrogens is 1. The monoisotopic (exact) mass is 253 g/mol. The minimum atomic E-state index is 0.769. The molecule has 3 N–H and O–H groups in total. The standard InChI is InChI=1S/C16H19N3/c1-13(2-3-14-4-8-18-9-5-14)12-16(17)15-6-10-19-11-7-15/h2,4-8,10-12,18H,3,9,17H2,1H3/b13-2-,16-12-. The molecule has 3 nitrogen and oxygen atoms in total. The first-order valence-corrected chi connectivity index (χ1v) is 6.39. The van der Waals surface area contributed by atoms with E-state index in [1.54, 1.807) is 12.4 Å². The Labute approximate surface area is 114 Å². The van der Waals surface area contributed by atoms with Gasteiger partial charge in [0.2, 0.25) is 0 Å². The van der Waals surface area contributed by atoms with Crippen molar-refractivity contribution in [1.29, 1.82) is 0 Å². The maximum atomic E-state index is 6.06. The third-order valence-corrected chi connectivity index (χ3v) is 2.95. The van der Waals surface area contributed by atoms with E-state index in [1.165, 1.54) is 11.1 Å². The van der Waals surface area contributed by atoms with Crippen LogP contribution < -0.4 is 11.1 Å². The highest BCUT2D eigenvalue weighted by Crippen LogP contribution is 2.13. The van der Waals surface area contributed by atoms with Crippen molar-refractivity contribution in [3.63, 3.8) is 0 Å². The molecule has 0 bridgehead atoms. The van der Waals surface area contributed by atoms with Gasteiger partial charge in [-0.05, 0) is 49.4 Å². The Balaban J connectivity index is 2.01. The number of hydrogen-bond acceptors (Lipinski definition) is 3. The Morgan fingerprint density at radius 2 is 2.21 bits per heavy atom. The number of nitrogens with zero attached hydrogens (tertiary/aromatic N) is 1. The van der Waals surface area contributed by atoms with Gasteiger partial charge in [0.25, 0.3) is 0 Å². The van der Waals surface area contributed by atoms with Crippen molar-refractivity contribution >= 4 is 5.70 Å². The van der Waals surface area contributed by atoms with E-state index < -0.39 is 0 Å². The lowest BCUT2D eigenvalue weighted by Crippen LogP contribution is -2.08. The van der Waals surface area contributed by atoms with E-state index in [1.807, 2.05) is 24.4 Å². The van der Waals surface area contributed by atoms with Crippen LogP contribution in [0, 0.1) is 0 Å². The highest BCUT2D eigenvalue weighted by atomic mass is 14.8. The average Bonchev–Trinajstić information content (AvgIpc) is 2.47. The van der Waals surface area contributed by atoms with Crippen molar-refractivity contribution in [2.24, 2.45) is 5.73 Å². The highest BCUT2D eigenvalue weighted by Gasteiger charge is 1.97. The predicted octanol–water partition coefficient (Wildman–Crippen LogP) is 2.76. The van der Waals surface area contributed by atoms with Gasteiger partial charge in [-0.1, -0.05) is 17.7 Å². The molecule has 0 unspecified atom stereocenters. The Hall–Kier alpha value is -2.29. The summed E-state index contributed by atoms with van der Waals surface area (Å²) in [5, 5.41) is 3.14. The molecule has 19 heavy (non-hydrogen) atoms. The molecule has 0 radical (unpaired) electrons. The SMILES string of the molecule is CC(=C/CC1=CCNC=C1)/C=C(\N)c1ccncc1. The Bertz CT molecular complexity index is 536. The minimum Gasteiger partial charge on any atom is -0.398 e. The van der Waals surface area contributed by atoms with Crippen LogP contribution in [0.2, 0.25) is 0 Å². The van der Waals surface area contributed by atoms with Gasteiger partial charge in [-0.3, -0.25) is 4.98 Å². The third-order valence-electron chi connectivity index (χ3n) is 2.95. The molecule has 1 aliphatic rings. The van der Waals surface area contributed by atoms with E-state index >= 15 is 0 Å². The summed E-state index contributed by atoms with van der Waals surface area (Å²) in [4.78, 5) is 3.99. The topological polar surface area (TPSA) is 50.9 Å². The molecule has 0 saturated carbocycles. The van der Waals surface area contributed by atoms with E-state index in [9.17, 15) is 0 Å². The van der Waals surface area contributed by atoms with Crippen LogP contribution in [0.1, 0.15) is 18.9 Å². The molecule has 0 saturated heterocycles. The van der Waals surface area contributed by atoms with E-state index in [2.05, 4.69) is 35.5 Å². The van der Waals surface area contributed by atoms with Crippen LogP contribution in [0.25, 0.3) is 5.70 Å². The number of allylic oxidation sites excluding steroid dienone is 5. The molecule has 3 heteroatoms. The van der Waals surface area contributed by atoms with Gasteiger partial charge in [-0.2, -0.15) is 0 Å². The second-order valence-corrected chi connectivity index (χ2v) is 4.51. The summed E-state index contributed by atoms with van der Waals surface area (Å²) >= 11 is 0. The maximum Gasteiger partial charge on any atom is 0.0391 e. The Kier molecular flexibility index (Phi) is 4.56. The van der Waals surface area contributed by atoms with Crippen LogP contribution >= 0.6 is 0 Å². The molecule has 1 aromatic heterocycles. The highest BCUT2D eigenvalue weighted by molar-refractivity contribution is 5.64. The summed E-state index contributed by atoms with van der Waals surface area (Å²) in [5.74, 6) is 0. The van der Waals surface area contributed by atoms with Gasteiger partial charge in [-0.25, -0.2) is 0 Å². The molecule has 98 valence electrons. The molecule has 0 amide bonds. The van der Waals surface area contributed by atoms with Gasteiger partial charge in [0, 0.05) is 30.2 Å². The summed E-state index contributed by atoms with van der Waals surface area (Å²) in [7, 11) is 0. The zero-order valence-electron chi connectivity index (χ0n) is 11.1. The molecule has 0 aromatic carbocycles. The summed E-state index contributed by atoms with van der Waals surface area (Å²) < 4.78 is 0. The number of nitrogens with one attached hydrogen (secondary N) is 1. The fourth-order valence-electron chi connectivity index (χ4n) is 1.85. The Morgan fingerprint density at radius 3 is 2.89 bits per heavy atom. The zero-order valence-corrected chi connectivity index (χ0v) is 11.1. The first kappa shape index (κ1) is 13.1. The molecular formula is C16H19N3. The molecular weight excluding hydrogens is 234 g/mol. The van der Waals surface area contributed by atoms with Gasteiger partial charge in [0.15, 0.2) is 0 Å². The number of dihydropyridines is 1. The van der Waals surface area contributed by atoms with Crippen LogP contribution in [-0.4, -0.2) is 11.5 Å². The normalized spacial score (nSPS) is 15.9. The smallest absolute Gasteiger partial charge is 0.0391 e. The molecule has 0 spiro atoms. The van der Waals surface area contributed by atoms with Crippen molar-refractivity contribution in [2.45, 2.75) is 13.3 Å². The average molecular weight is 253 g/mol. The maximum absolute atomic E-state index is 6.06. The second kappa shape index (κ2) is 6.59. The largest absolute Gasteiger partial charge is 0.398 e. The second-order valence-electron chi connectivity index (χ2n) is 4.51. The summed E-state index contributed by atoms with van der Waals surface area (Å²) in [6.07, 6.45) is 14.9. The summed E-state index contributed by atoms with van der Waals surface area (Å²) in [5.41, 5.74) is 10.3. The van der Waals surface area contributed by atoms with Crippen molar-refractivity contribution in [3.8, 4) is 0 Å². The van der Waals surface area contributed by atoms with Crippen molar-refractivity contribution in [3.05, 3.63) is 71.7 Å². The van der Waals surface area contributed by atoms with E-state index in [-0.39, 0.29) is 0 Å². The van der Waals surface area contributed by atoms with Crippen LogP contribution in [0.15, 0.2) is 66.2 Å². The van der Waals surface area contributed by atoms with E-state index in [0.29, 0.717) is 0 Å². The van der Waals surface area contributed by atoms with Crippen LogP contribution in [0.5, 0.6) is 0 Å². The van der Waals surface area contributed by atoms with Gasteiger partial charge < -0.3 is 11.1 Å². The molecule has 0 fully saturated rings. The molecule has 2 heterocycles. The lowest BCUT2D eigenvalue weighted by molar-refractivity contribution is 0.948. The number of pyridine rings is 1. The summed E-state index contributed by atoms with van der Waals surface area (Å²) in [6, 6.07) is 3.83. The van der Waals surface area contributed by atoms with Gasteiger partial charge in [0.05, 0.1) is 0 Å². The van der Waals surface area contributed by atoms with Gasteiger partial charge in [0.1, 0.15) is 0 Å². The predicted molar refractivity (Wildman–Crippen MR) is 80.0 cm³/mol. The molecule has 1 aliphatic heterocycles. The van der Waals surface area contributed by atoms with Crippen LogP contribution in [0.3, 0.4) is 0 Å². The Morgan fingerprint density at radius 1 is 1.42 bits per heavy atom. The fraction of sp³-hybridized carbons (Fsp3) is 0.188. The quantitative estimate of drug-likeness (QED) is 0.811. The van der Waals surface area contributed by atoms with Crippen molar-refractivity contribution in [2.75, 3.05) is 6.54 Å². The van der Waals surface area contributed by atoms with Gasteiger partial charge >= 0.3 is 0 Å².